The summed E-state index contributed by atoms with van der Waals surface area (Å²) in [6, 6.07) is 7.67. The zero-order valence-corrected chi connectivity index (χ0v) is 12.9. The Labute approximate surface area is 121 Å². The number of ether oxygens (including phenoxy) is 1. The number of methoxy groups -OCH3 is 1. The molecule has 0 bridgehead atoms. The summed E-state index contributed by atoms with van der Waals surface area (Å²) in [5.74, 6) is 0.644. The Hall–Kier alpha value is -1.55. The lowest BCUT2D eigenvalue weighted by molar-refractivity contribution is -0.125. The van der Waals surface area contributed by atoms with Crippen LogP contribution in [0, 0.1) is 11.3 Å². The molecule has 0 fully saturated rings. The third-order valence-electron chi connectivity index (χ3n) is 3.16. The Morgan fingerprint density at radius 1 is 1.35 bits per heavy atom. The molecule has 0 radical (unpaired) electrons. The quantitative estimate of drug-likeness (QED) is 0.839. The van der Waals surface area contributed by atoms with Gasteiger partial charge >= 0.3 is 0 Å². The van der Waals surface area contributed by atoms with E-state index in [4.69, 9.17) is 10.5 Å². The molecule has 0 saturated heterocycles. The van der Waals surface area contributed by atoms with Crippen molar-refractivity contribution < 1.29 is 9.53 Å². The number of amides is 1. The summed E-state index contributed by atoms with van der Waals surface area (Å²) in [5.41, 5.74) is 6.78. The van der Waals surface area contributed by atoms with Crippen LogP contribution in [0.2, 0.25) is 0 Å². The summed E-state index contributed by atoms with van der Waals surface area (Å²) in [6.45, 7) is 7.17. The second kappa shape index (κ2) is 7.29. The molecular weight excluding hydrogens is 252 g/mol. The van der Waals surface area contributed by atoms with Crippen LogP contribution in [0.3, 0.4) is 0 Å². The highest BCUT2D eigenvalue weighted by molar-refractivity contribution is 5.79. The molecule has 1 aromatic carbocycles. The fourth-order valence-electron chi connectivity index (χ4n) is 2.20. The van der Waals surface area contributed by atoms with Gasteiger partial charge in [0.25, 0.3) is 0 Å². The molecule has 4 nitrogen and oxygen atoms in total. The van der Waals surface area contributed by atoms with Gasteiger partial charge in [0.1, 0.15) is 5.75 Å². The second-order valence-electron chi connectivity index (χ2n) is 6.23. The van der Waals surface area contributed by atoms with Crippen LogP contribution in [-0.4, -0.2) is 19.6 Å². The first kappa shape index (κ1) is 16.5. The third-order valence-corrected chi connectivity index (χ3v) is 3.16. The lowest BCUT2D eigenvalue weighted by Crippen LogP contribution is -2.36. The van der Waals surface area contributed by atoms with Gasteiger partial charge in [-0.25, -0.2) is 0 Å². The fraction of sp³-hybridized carbons (Fsp3) is 0.562. The molecule has 112 valence electrons. The van der Waals surface area contributed by atoms with Crippen LogP contribution in [-0.2, 0) is 11.3 Å². The maximum absolute atomic E-state index is 12.2. The van der Waals surface area contributed by atoms with E-state index in [0.717, 1.165) is 17.7 Å². The number of para-hydroxylation sites is 1. The minimum absolute atomic E-state index is 0.00771. The van der Waals surface area contributed by atoms with Crippen molar-refractivity contribution in [3.63, 3.8) is 0 Å². The molecule has 0 spiro atoms. The van der Waals surface area contributed by atoms with E-state index in [0.29, 0.717) is 13.1 Å². The van der Waals surface area contributed by atoms with Crippen molar-refractivity contribution in [3.8, 4) is 5.75 Å². The Balaban J connectivity index is 2.61. The van der Waals surface area contributed by atoms with Crippen molar-refractivity contribution in [2.24, 2.45) is 17.1 Å². The van der Waals surface area contributed by atoms with Crippen molar-refractivity contribution in [2.75, 3.05) is 13.7 Å². The number of nitrogens with two attached hydrogens (primary N) is 1. The molecule has 1 aromatic rings. The number of carbonyl (C=O) groups excluding carboxylic acids is 1. The topological polar surface area (TPSA) is 64.3 Å². The molecule has 0 aromatic heterocycles. The highest BCUT2D eigenvalue weighted by Crippen LogP contribution is 2.24. The van der Waals surface area contributed by atoms with Gasteiger partial charge in [-0.2, -0.15) is 0 Å². The van der Waals surface area contributed by atoms with E-state index in [-0.39, 0.29) is 17.2 Å². The zero-order chi connectivity index (χ0) is 15.2. The van der Waals surface area contributed by atoms with Crippen LogP contribution < -0.4 is 15.8 Å². The molecule has 20 heavy (non-hydrogen) atoms. The molecule has 0 saturated carbocycles. The van der Waals surface area contributed by atoms with Gasteiger partial charge in [0, 0.05) is 18.7 Å². The maximum Gasteiger partial charge on any atom is 0.224 e. The van der Waals surface area contributed by atoms with Crippen molar-refractivity contribution in [3.05, 3.63) is 29.8 Å². The first-order chi connectivity index (χ1) is 9.37. The largest absolute Gasteiger partial charge is 0.496 e. The van der Waals surface area contributed by atoms with Gasteiger partial charge in [-0.3, -0.25) is 4.79 Å². The number of benzene rings is 1. The lowest BCUT2D eigenvalue weighted by atomic mass is 9.84. The Morgan fingerprint density at radius 3 is 2.55 bits per heavy atom. The van der Waals surface area contributed by atoms with Gasteiger partial charge in [-0.15, -0.1) is 0 Å². The number of carbonyl (C=O) groups is 1. The summed E-state index contributed by atoms with van der Waals surface area (Å²) in [6.07, 6.45) is 0.779. The molecule has 0 heterocycles. The molecular formula is C16H26N2O2. The highest BCUT2D eigenvalue weighted by Gasteiger charge is 2.23. The maximum atomic E-state index is 12.2. The number of rotatable bonds is 6. The highest BCUT2D eigenvalue weighted by atomic mass is 16.5. The number of hydrogen-bond donors (Lipinski definition) is 2. The molecule has 1 atom stereocenters. The van der Waals surface area contributed by atoms with Gasteiger partial charge in [0.05, 0.1) is 13.0 Å². The minimum Gasteiger partial charge on any atom is -0.496 e. The van der Waals surface area contributed by atoms with Gasteiger partial charge in [-0.1, -0.05) is 39.0 Å². The van der Waals surface area contributed by atoms with Crippen LogP contribution in [0.15, 0.2) is 24.3 Å². The Kier molecular flexibility index (Phi) is 6.02. The first-order valence-electron chi connectivity index (χ1n) is 6.97. The van der Waals surface area contributed by atoms with E-state index in [1.807, 2.05) is 24.3 Å². The predicted octanol–water partition coefficient (Wildman–Crippen LogP) is 2.32. The minimum atomic E-state index is -0.148. The average Bonchev–Trinajstić information content (AvgIpc) is 2.41. The first-order valence-corrected chi connectivity index (χ1v) is 6.97. The van der Waals surface area contributed by atoms with Crippen molar-refractivity contribution in [1.29, 1.82) is 0 Å². The van der Waals surface area contributed by atoms with E-state index >= 15 is 0 Å². The molecule has 3 N–H and O–H groups in total. The Bertz CT molecular complexity index is 438. The molecule has 1 unspecified atom stereocenters. The number of nitrogens with one attached hydrogen (secondary N) is 1. The van der Waals surface area contributed by atoms with E-state index in [1.54, 1.807) is 7.11 Å². The van der Waals surface area contributed by atoms with Crippen LogP contribution in [0.1, 0.15) is 32.8 Å². The van der Waals surface area contributed by atoms with Crippen molar-refractivity contribution >= 4 is 5.91 Å². The molecule has 1 amide bonds. The SMILES string of the molecule is COc1ccccc1CNC(=O)C(CN)CC(C)(C)C. The van der Waals surface area contributed by atoms with E-state index in [9.17, 15) is 4.79 Å². The van der Waals surface area contributed by atoms with Gasteiger partial charge in [-0.05, 0) is 17.9 Å². The monoisotopic (exact) mass is 278 g/mol. The zero-order valence-electron chi connectivity index (χ0n) is 12.9. The van der Waals surface area contributed by atoms with Crippen LogP contribution in [0.4, 0.5) is 0 Å². The summed E-state index contributed by atoms with van der Waals surface area (Å²) in [5, 5.41) is 2.95. The summed E-state index contributed by atoms with van der Waals surface area (Å²) in [4.78, 5) is 12.2. The second-order valence-corrected chi connectivity index (χ2v) is 6.23. The average molecular weight is 278 g/mol. The summed E-state index contributed by atoms with van der Waals surface area (Å²) < 4.78 is 5.27. The summed E-state index contributed by atoms with van der Waals surface area (Å²) in [7, 11) is 1.63. The smallest absolute Gasteiger partial charge is 0.224 e. The molecule has 4 heteroatoms. The van der Waals surface area contributed by atoms with Crippen molar-refractivity contribution in [2.45, 2.75) is 33.7 Å². The normalized spacial score (nSPS) is 12.8. The molecule has 0 aliphatic carbocycles. The molecule has 0 aliphatic heterocycles. The molecule has 1 rings (SSSR count). The van der Waals surface area contributed by atoms with Crippen molar-refractivity contribution in [1.82, 2.24) is 5.32 Å². The van der Waals surface area contributed by atoms with E-state index in [1.165, 1.54) is 0 Å². The molecule has 0 aliphatic rings. The predicted molar refractivity (Wildman–Crippen MR) is 81.5 cm³/mol. The standard InChI is InChI=1S/C16H26N2O2/c1-16(2,3)9-13(10-17)15(19)18-11-12-7-5-6-8-14(12)20-4/h5-8,13H,9-11,17H2,1-4H3,(H,18,19). The van der Waals surface area contributed by atoms with Gasteiger partial charge < -0.3 is 15.8 Å². The van der Waals surface area contributed by atoms with Crippen LogP contribution >= 0.6 is 0 Å². The van der Waals surface area contributed by atoms with E-state index in [2.05, 4.69) is 26.1 Å². The van der Waals surface area contributed by atoms with Gasteiger partial charge in [0.2, 0.25) is 5.91 Å². The lowest BCUT2D eigenvalue weighted by Gasteiger charge is -2.24. The van der Waals surface area contributed by atoms with Crippen LogP contribution in [0.5, 0.6) is 5.75 Å². The Morgan fingerprint density at radius 2 is 2.00 bits per heavy atom. The fourth-order valence-corrected chi connectivity index (χ4v) is 2.20. The van der Waals surface area contributed by atoms with E-state index < -0.39 is 0 Å². The van der Waals surface area contributed by atoms with Crippen LogP contribution in [0.25, 0.3) is 0 Å². The van der Waals surface area contributed by atoms with Gasteiger partial charge in [0.15, 0.2) is 0 Å². The number of hydrogen-bond acceptors (Lipinski definition) is 3. The summed E-state index contributed by atoms with van der Waals surface area (Å²) >= 11 is 0. The third kappa shape index (κ3) is 5.21.